The minimum atomic E-state index is 0.490. The molecule has 0 radical (unpaired) electrons. The summed E-state index contributed by atoms with van der Waals surface area (Å²) in [6.45, 7) is 7.86. The van der Waals surface area contributed by atoms with Crippen molar-refractivity contribution in [2.45, 2.75) is 39.7 Å². The lowest BCUT2D eigenvalue weighted by Crippen LogP contribution is -2.34. The van der Waals surface area contributed by atoms with E-state index < -0.39 is 0 Å². The molecular formula is C14H23N3. The summed E-state index contributed by atoms with van der Waals surface area (Å²) >= 11 is 0. The fraction of sp³-hybridized carbons (Fsp3) is 0.643. The van der Waals surface area contributed by atoms with Gasteiger partial charge in [-0.05, 0) is 42.3 Å². The third-order valence-corrected chi connectivity index (χ3v) is 3.91. The number of likely N-dealkylation sites (N-methyl/N-ethyl adjacent to an activating group) is 1. The van der Waals surface area contributed by atoms with E-state index in [0.717, 1.165) is 18.9 Å². The minimum absolute atomic E-state index is 0.490. The van der Waals surface area contributed by atoms with Crippen molar-refractivity contribution in [2.75, 3.05) is 12.3 Å². The molecule has 0 bridgehead atoms. The highest BCUT2D eigenvalue weighted by molar-refractivity contribution is 5.39. The summed E-state index contributed by atoms with van der Waals surface area (Å²) in [7, 11) is 0. The van der Waals surface area contributed by atoms with Crippen LogP contribution in [0.25, 0.3) is 0 Å². The van der Waals surface area contributed by atoms with Gasteiger partial charge in [-0.2, -0.15) is 0 Å². The minimum Gasteiger partial charge on any atom is -0.383 e. The van der Waals surface area contributed by atoms with Gasteiger partial charge in [0.1, 0.15) is 5.82 Å². The SMILES string of the molecule is CCNC(Cc1cccnc1N)C1CC1(C)C. The lowest BCUT2D eigenvalue weighted by Gasteiger charge is -2.20. The van der Waals surface area contributed by atoms with Gasteiger partial charge in [-0.3, -0.25) is 0 Å². The van der Waals surface area contributed by atoms with E-state index in [1.165, 1.54) is 12.0 Å². The Morgan fingerprint density at radius 3 is 2.82 bits per heavy atom. The molecule has 1 aliphatic rings. The van der Waals surface area contributed by atoms with Gasteiger partial charge in [0.05, 0.1) is 0 Å². The van der Waals surface area contributed by atoms with Gasteiger partial charge < -0.3 is 11.1 Å². The zero-order valence-electron chi connectivity index (χ0n) is 11.0. The molecule has 1 heterocycles. The molecule has 1 aliphatic carbocycles. The van der Waals surface area contributed by atoms with Crippen molar-refractivity contribution in [1.29, 1.82) is 0 Å². The highest BCUT2D eigenvalue weighted by Gasteiger charge is 2.49. The van der Waals surface area contributed by atoms with Crippen molar-refractivity contribution in [3.63, 3.8) is 0 Å². The van der Waals surface area contributed by atoms with Gasteiger partial charge in [-0.15, -0.1) is 0 Å². The number of pyridine rings is 1. The number of nitrogens with one attached hydrogen (secondary N) is 1. The summed E-state index contributed by atoms with van der Waals surface area (Å²) < 4.78 is 0. The van der Waals surface area contributed by atoms with Crippen molar-refractivity contribution < 1.29 is 0 Å². The van der Waals surface area contributed by atoms with E-state index in [-0.39, 0.29) is 0 Å². The summed E-state index contributed by atoms with van der Waals surface area (Å²) in [6.07, 6.45) is 4.05. The Morgan fingerprint density at radius 2 is 2.29 bits per heavy atom. The Morgan fingerprint density at radius 1 is 1.59 bits per heavy atom. The molecule has 0 saturated heterocycles. The van der Waals surface area contributed by atoms with E-state index in [1.807, 2.05) is 6.07 Å². The lowest BCUT2D eigenvalue weighted by molar-refractivity contribution is 0.409. The molecule has 2 unspecified atom stereocenters. The summed E-state index contributed by atoms with van der Waals surface area (Å²) in [5.74, 6) is 1.44. The maximum Gasteiger partial charge on any atom is 0.126 e. The second kappa shape index (κ2) is 4.65. The normalized spacial score (nSPS) is 23.4. The Kier molecular flexibility index (Phi) is 3.38. The van der Waals surface area contributed by atoms with Gasteiger partial charge in [-0.1, -0.05) is 26.8 Å². The summed E-state index contributed by atoms with van der Waals surface area (Å²) in [4.78, 5) is 4.16. The molecule has 17 heavy (non-hydrogen) atoms. The van der Waals surface area contributed by atoms with Gasteiger partial charge in [0.25, 0.3) is 0 Å². The Labute approximate surface area is 104 Å². The number of nitrogens with two attached hydrogens (primary N) is 1. The van der Waals surface area contributed by atoms with E-state index in [4.69, 9.17) is 5.73 Å². The molecule has 1 aromatic rings. The highest BCUT2D eigenvalue weighted by Crippen LogP contribution is 2.54. The molecule has 1 aromatic heterocycles. The molecule has 2 rings (SSSR count). The lowest BCUT2D eigenvalue weighted by atomic mass is 9.97. The van der Waals surface area contributed by atoms with Crippen LogP contribution in [0, 0.1) is 11.3 Å². The van der Waals surface area contributed by atoms with Gasteiger partial charge in [-0.25, -0.2) is 4.98 Å². The molecule has 94 valence electrons. The number of nitrogens with zero attached hydrogens (tertiary/aromatic N) is 1. The van der Waals surface area contributed by atoms with Crippen molar-refractivity contribution in [2.24, 2.45) is 11.3 Å². The molecule has 3 heteroatoms. The Balaban J connectivity index is 2.06. The second-order valence-corrected chi connectivity index (χ2v) is 5.72. The molecule has 0 amide bonds. The molecule has 1 saturated carbocycles. The van der Waals surface area contributed by atoms with Gasteiger partial charge in [0.15, 0.2) is 0 Å². The van der Waals surface area contributed by atoms with Crippen LogP contribution in [0.15, 0.2) is 18.3 Å². The number of rotatable bonds is 5. The largest absolute Gasteiger partial charge is 0.383 e. The molecule has 0 aliphatic heterocycles. The molecule has 3 nitrogen and oxygen atoms in total. The second-order valence-electron chi connectivity index (χ2n) is 5.72. The number of hydrogen-bond donors (Lipinski definition) is 2. The fourth-order valence-electron chi connectivity index (χ4n) is 2.67. The van der Waals surface area contributed by atoms with Crippen molar-refractivity contribution in [3.8, 4) is 0 Å². The third-order valence-electron chi connectivity index (χ3n) is 3.91. The maximum atomic E-state index is 5.91. The van der Waals surface area contributed by atoms with Crippen LogP contribution in [-0.4, -0.2) is 17.6 Å². The monoisotopic (exact) mass is 233 g/mol. The summed E-state index contributed by atoms with van der Waals surface area (Å²) in [5, 5.41) is 3.59. The van der Waals surface area contributed by atoms with Crippen molar-refractivity contribution in [1.82, 2.24) is 10.3 Å². The molecular weight excluding hydrogens is 210 g/mol. The van der Waals surface area contributed by atoms with E-state index in [0.29, 0.717) is 17.3 Å². The maximum absolute atomic E-state index is 5.91. The first-order chi connectivity index (χ1) is 8.04. The first-order valence-electron chi connectivity index (χ1n) is 6.47. The quantitative estimate of drug-likeness (QED) is 0.820. The zero-order chi connectivity index (χ0) is 12.5. The van der Waals surface area contributed by atoms with E-state index >= 15 is 0 Å². The first-order valence-corrected chi connectivity index (χ1v) is 6.47. The smallest absolute Gasteiger partial charge is 0.126 e. The fourth-order valence-corrected chi connectivity index (χ4v) is 2.67. The van der Waals surface area contributed by atoms with Gasteiger partial charge >= 0.3 is 0 Å². The Hall–Kier alpha value is -1.09. The third kappa shape index (κ3) is 2.78. The molecule has 1 fully saturated rings. The van der Waals surface area contributed by atoms with Crippen LogP contribution in [0.1, 0.15) is 32.8 Å². The van der Waals surface area contributed by atoms with Crippen LogP contribution < -0.4 is 11.1 Å². The number of anilines is 1. The van der Waals surface area contributed by atoms with Gasteiger partial charge in [0.2, 0.25) is 0 Å². The van der Waals surface area contributed by atoms with Crippen LogP contribution in [0.5, 0.6) is 0 Å². The standard InChI is InChI=1S/C14H23N3/c1-4-16-12(11-9-14(11,2)3)8-10-6-5-7-17-13(10)15/h5-7,11-12,16H,4,8-9H2,1-3H3,(H2,15,17). The van der Waals surface area contributed by atoms with Crippen LogP contribution in [0.3, 0.4) is 0 Å². The average molecular weight is 233 g/mol. The van der Waals surface area contributed by atoms with Crippen molar-refractivity contribution in [3.05, 3.63) is 23.9 Å². The van der Waals surface area contributed by atoms with Crippen molar-refractivity contribution >= 4 is 5.82 Å². The molecule has 0 aromatic carbocycles. The first kappa shape index (κ1) is 12.4. The zero-order valence-corrected chi connectivity index (χ0v) is 11.0. The number of hydrogen-bond acceptors (Lipinski definition) is 3. The molecule has 3 N–H and O–H groups in total. The van der Waals surface area contributed by atoms with Gasteiger partial charge in [0, 0.05) is 12.2 Å². The number of aromatic nitrogens is 1. The van der Waals surface area contributed by atoms with Crippen LogP contribution in [0.2, 0.25) is 0 Å². The van der Waals surface area contributed by atoms with Crippen LogP contribution in [-0.2, 0) is 6.42 Å². The van der Waals surface area contributed by atoms with E-state index in [1.54, 1.807) is 6.20 Å². The van der Waals surface area contributed by atoms with E-state index in [9.17, 15) is 0 Å². The topological polar surface area (TPSA) is 50.9 Å². The predicted molar refractivity (Wildman–Crippen MR) is 71.7 cm³/mol. The molecule has 0 spiro atoms. The predicted octanol–water partition coefficient (Wildman–Crippen LogP) is 2.23. The van der Waals surface area contributed by atoms with E-state index in [2.05, 4.69) is 37.1 Å². The Bertz CT molecular complexity index is 387. The van der Waals surface area contributed by atoms with Crippen LogP contribution >= 0.6 is 0 Å². The average Bonchev–Trinajstić information content (AvgIpc) is 2.90. The molecule has 2 atom stereocenters. The highest BCUT2D eigenvalue weighted by atomic mass is 14.9. The van der Waals surface area contributed by atoms with Crippen LogP contribution in [0.4, 0.5) is 5.82 Å². The number of nitrogen functional groups attached to an aromatic ring is 1. The summed E-state index contributed by atoms with van der Waals surface area (Å²) in [6, 6.07) is 4.58. The summed E-state index contributed by atoms with van der Waals surface area (Å²) in [5.41, 5.74) is 7.57.